The van der Waals surface area contributed by atoms with Crippen LogP contribution in [0.2, 0.25) is 0 Å². The lowest BCUT2D eigenvalue weighted by atomic mass is 10.0. The highest BCUT2D eigenvalue weighted by Gasteiger charge is 2.19. The first-order chi connectivity index (χ1) is 10.2. The molecule has 1 aromatic heterocycles. The summed E-state index contributed by atoms with van der Waals surface area (Å²) >= 11 is 1.72. The molecule has 0 fully saturated rings. The van der Waals surface area contributed by atoms with Crippen LogP contribution in [0.4, 0.5) is 4.39 Å². The van der Waals surface area contributed by atoms with Gasteiger partial charge in [0, 0.05) is 24.0 Å². The van der Waals surface area contributed by atoms with Crippen LogP contribution in [-0.4, -0.2) is 25.1 Å². The highest BCUT2D eigenvalue weighted by atomic mass is 32.1. The maximum absolute atomic E-state index is 13.9. The van der Waals surface area contributed by atoms with E-state index in [1.807, 2.05) is 12.1 Å². The molecule has 0 saturated heterocycles. The first-order valence-electron chi connectivity index (χ1n) is 6.99. The molecule has 0 radical (unpaired) electrons. The Morgan fingerprint density at radius 2 is 2.19 bits per heavy atom. The topological polar surface area (TPSA) is 38.5 Å². The van der Waals surface area contributed by atoms with Crippen molar-refractivity contribution in [1.29, 1.82) is 0 Å². The van der Waals surface area contributed by atoms with Gasteiger partial charge in [-0.15, -0.1) is 11.3 Å². The van der Waals surface area contributed by atoms with E-state index in [9.17, 15) is 4.39 Å². The van der Waals surface area contributed by atoms with E-state index in [0.717, 1.165) is 18.7 Å². The van der Waals surface area contributed by atoms with Gasteiger partial charge < -0.3 is 10.5 Å². The van der Waals surface area contributed by atoms with Gasteiger partial charge in [-0.1, -0.05) is 19.1 Å². The van der Waals surface area contributed by atoms with E-state index in [2.05, 4.69) is 23.3 Å². The second-order valence-corrected chi connectivity index (χ2v) is 5.82. The summed E-state index contributed by atoms with van der Waals surface area (Å²) in [6.07, 6.45) is 0. The molecule has 1 unspecified atom stereocenters. The highest BCUT2D eigenvalue weighted by molar-refractivity contribution is 7.09. The third kappa shape index (κ3) is 3.81. The number of hydrogen-bond acceptors (Lipinski definition) is 4. The molecule has 0 aliphatic rings. The molecule has 1 atom stereocenters. The fraction of sp³-hybridized carbons (Fsp3) is 0.375. The normalized spacial score (nSPS) is 12.6. The molecule has 0 spiro atoms. The number of nitrogens with two attached hydrogens (primary N) is 1. The molecule has 21 heavy (non-hydrogen) atoms. The van der Waals surface area contributed by atoms with E-state index in [4.69, 9.17) is 10.5 Å². The quantitative estimate of drug-likeness (QED) is 0.852. The van der Waals surface area contributed by atoms with Crippen LogP contribution >= 0.6 is 11.3 Å². The average molecular weight is 308 g/mol. The maximum Gasteiger partial charge on any atom is 0.165 e. The highest BCUT2D eigenvalue weighted by Crippen LogP contribution is 2.27. The van der Waals surface area contributed by atoms with Gasteiger partial charge in [0.2, 0.25) is 0 Å². The Labute approximate surface area is 129 Å². The Bertz CT molecular complexity index is 559. The fourth-order valence-corrected chi connectivity index (χ4v) is 3.16. The van der Waals surface area contributed by atoms with Crippen LogP contribution in [0.1, 0.15) is 23.4 Å². The molecule has 5 heteroatoms. The number of nitrogens with zero attached hydrogens (tertiary/aromatic N) is 1. The molecule has 0 saturated carbocycles. The first kappa shape index (κ1) is 15.9. The SMILES string of the molecule is CCN(Cc1cccs1)C(CN)c1ccc(OC)c(F)c1. The Kier molecular flexibility index (Phi) is 5.73. The van der Waals surface area contributed by atoms with Crippen LogP contribution in [0.5, 0.6) is 5.75 Å². The number of halogens is 1. The van der Waals surface area contributed by atoms with Gasteiger partial charge in [0.15, 0.2) is 11.6 Å². The van der Waals surface area contributed by atoms with E-state index >= 15 is 0 Å². The van der Waals surface area contributed by atoms with Crippen molar-refractivity contribution in [2.24, 2.45) is 5.73 Å². The molecule has 2 rings (SSSR count). The van der Waals surface area contributed by atoms with Crippen LogP contribution in [0, 0.1) is 5.82 Å². The average Bonchev–Trinajstić information content (AvgIpc) is 3.00. The zero-order valence-corrected chi connectivity index (χ0v) is 13.2. The molecule has 0 amide bonds. The minimum Gasteiger partial charge on any atom is -0.494 e. The molecule has 2 N–H and O–H groups in total. The molecule has 0 aliphatic heterocycles. The Morgan fingerprint density at radius 1 is 1.38 bits per heavy atom. The molecule has 114 valence electrons. The molecular weight excluding hydrogens is 287 g/mol. The Morgan fingerprint density at radius 3 is 2.71 bits per heavy atom. The summed E-state index contributed by atoms with van der Waals surface area (Å²) in [7, 11) is 1.47. The number of rotatable bonds is 7. The molecule has 1 heterocycles. The van der Waals surface area contributed by atoms with E-state index in [1.165, 1.54) is 18.1 Å². The van der Waals surface area contributed by atoms with Gasteiger partial charge in [-0.3, -0.25) is 4.90 Å². The molecule has 2 aromatic rings. The molecule has 0 aliphatic carbocycles. The van der Waals surface area contributed by atoms with Gasteiger partial charge in [0.05, 0.1) is 7.11 Å². The first-order valence-corrected chi connectivity index (χ1v) is 7.87. The molecular formula is C16H21FN2OS. The van der Waals surface area contributed by atoms with Gasteiger partial charge in [0.1, 0.15) is 0 Å². The molecule has 1 aromatic carbocycles. The van der Waals surface area contributed by atoms with Gasteiger partial charge in [-0.05, 0) is 35.7 Å². The van der Waals surface area contributed by atoms with Crippen LogP contribution in [0.3, 0.4) is 0 Å². The lowest BCUT2D eigenvalue weighted by Crippen LogP contribution is -2.33. The number of likely N-dealkylation sites (N-methyl/N-ethyl adjacent to an activating group) is 1. The third-order valence-electron chi connectivity index (χ3n) is 3.57. The minimum atomic E-state index is -0.347. The lowest BCUT2D eigenvalue weighted by Gasteiger charge is -2.30. The summed E-state index contributed by atoms with van der Waals surface area (Å²) in [5, 5.41) is 2.06. The standard InChI is InChI=1S/C16H21FN2OS/c1-3-19(11-13-5-4-8-21-13)15(10-18)12-6-7-16(20-2)14(17)9-12/h4-9,15H,3,10-11,18H2,1-2H3. The molecule has 3 nitrogen and oxygen atoms in total. The smallest absolute Gasteiger partial charge is 0.165 e. The predicted molar refractivity (Wildman–Crippen MR) is 85.2 cm³/mol. The number of thiophene rings is 1. The van der Waals surface area contributed by atoms with Crippen molar-refractivity contribution in [2.45, 2.75) is 19.5 Å². The number of benzene rings is 1. The number of ether oxygens (including phenoxy) is 1. The summed E-state index contributed by atoms with van der Waals surface area (Å²) in [5.41, 5.74) is 6.82. The van der Waals surface area contributed by atoms with Crippen LogP contribution < -0.4 is 10.5 Å². The predicted octanol–water partition coefficient (Wildman–Crippen LogP) is 3.42. The van der Waals surface area contributed by atoms with E-state index in [1.54, 1.807) is 17.4 Å². The maximum atomic E-state index is 13.9. The lowest BCUT2D eigenvalue weighted by molar-refractivity contribution is 0.205. The van der Waals surface area contributed by atoms with Crippen molar-refractivity contribution >= 4 is 11.3 Å². The van der Waals surface area contributed by atoms with Crippen molar-refractivity contribution in [3.8, 4) is 5.75 Å². The van der Waals surface area contributed by atoms with Crippen LogP contribution in [0.25, 0.3) is 0 Å². The van der Waals surface area contributed by atoms with E-state index < -0.39 is 0 Å². The van der Waals surface area contributed by atoms with Crippen molar-refractivity contribution in [3.05, 3.63) is 52.0 Å². The Balaban J connectivity index is 2.22. The number of hydrogen-bond donors (Lipinski definition) is 1. The van der Waals surface area contributed by atoms with Crippen molar-refractivity contribution < 1.29 is 9.13 Å². The van der Waals surface area contributed by atoms with E-state index in [-0.39, 0.29) is 17.6 Å². The monoisotopic (exact) mass is 308 g/mol. The van der Waals surface area contributed by atoms with Crippen molar-refractivity contribution in [1.82, 2.24) is 4.90 Å². The van der Waals surface area contributed by atoms with E-state index in [0.29, 0.717) is 6.54 Å². The molecule has 0 bridgehead atoms. The zero-order valence-electron chi connectivity index (χ0n) is 12.4. The van der Waals surface area contributed by atoms with Gasteiger partial charge in [-0.25, -0.2) is 4.39 Å². The van der Waals surface area contributed by atoms with Crippen molar-refractivity contribution in [3.63, 3.8) is 0 Å². The minimum absolute atomic E-state index is 0.00231. The Hall–Kier alpha value is -1.43. The largest absolute Gasteiger partial charge is 0.494 e. The summed E-state index contributed by atoms with van der Waals surface area (Å²) in [6, 6.07) is 9.21. The van der Waals surface area contributed by atoms with Crippen LogP contribution in [-0.2, 0) is 6.54 Å². The summed E-state index contributed by atoms with van der Waals surface area (Å²) < 4.78 is 18.9. The summed E-state index contributed by atoms with van der Waals surface area (Å²) in [5.74, 6) is -0.0866. The van der Waals surface area contributed by atoms with Gasteiger partial charge in [0.25, 0.3) is 0 Å². The third-order valence-corrected chi connectivity index (χ3v) is 4.43. The van der Waals surface area contributed by atoms with Gasteiger partial charge >= 0.3 is 0 Å². The van der Waals surface area contributed by atoms with Crippen molar-refractivity contribution in [2.75, 3.05) is 20.2 Å². The van der Waals surface area contributed by atoms with Gasteiger partial charge in [-0.2, -0.15) is 0 Å². The fourth-order valence-electron chi connectivity index (χ4n) is 2.43. The second kappa shape index (κ2) is 7.54. The zero-order chi connectivity index (χ0) is 15.2. The summed E-state index contributed by atoms with van der Waals surface area (Å²) in [6.45, 7) is 4.22. The summed E-state index contributed by atoms with van der Waals surface area (Å²) in [4.78, 5) is 3.54. The van der Waals surface area contributed by atoms with Crippen LogP contribution in [0.15, 0.2) is 35.7 Å². The number of methoxy groups -OCH3 is 1. The second-order valence-electron chi connectivity index (χ2n) is 4.79.